The van der Waals surface area contributed by atoms with Gasteiger partial charge in [0.25, 0.3) is 5.69 Å². The highest BCUT2D eigenvalue weighted by Crippen LogP contribution is 2.21. The molecule has 112 valence electrons. The van der Waals surface area contributed by atoms with Gasteiger partial charge in [0.15, 0.2) is 0 Å². The van der Waals surface area contributed by atoms with Crippen molar-refractivity contribution >= 4 is 22.6 Å². The molecule has 1 amide bonds. The van der Waals surface area contributed by atoms with E-state index in [1.807, 2.05) is 13.8 Å². The number of nitro groups is 1. The van der Waals surface area contributed by atoms with Gasteiger partial charge in [-0.15, -0.1) is 0 Å². The smallest absolute Gasteiger partial charge is 0.271 e. The third-order valence-electron chi connectivity index (χ3n) is 3.24. The zero-order valence-corrected chi connectivity index (χ0v) is 12.0. The molecule has 0 saturated carbocycles. The maximum atomic E-state index is 11.7. The Kier molecular flexibility index (Phi) is 4.52. The molecule has 0 aliphatic heterocycles. The Morgan fingerprint density at radius 3 is 2.95 bits per heavy atom. The molecular formula is C14H18N4O3. The van der Waals surface area contributed by atoms with Crippen molar-refractivity contribution in [2.75, 3.05) is 0 Å². The summed E-state index contributed by atoms with van der Waals surface area (Å²) in [5.74, 6) is 0.575. The lowest BCUT2D eigenvalue weighted by Gasteiger charge is -2.10. The molecule has 2 rings (SSSR count). The van der Waals surface area contributed by atoms with Crippen LogP contribution in [0.15, 0.2) is 18.2 Å². The number of imidazole rings is 1. The van der Waals surface area contributed by atoms with Crippen LogP contribution in [0, 0.1) is 10.1 Å². The van der Waals surface area contributed by atoms with E-state index in [9.17, 15) is 14.9 Å². The highest BCUT2D eigenvalue weighted by molar-refractivity contribution is 5.79. The third-order valence-corrected chi connectivity index (χ3v) is 3.24. The van der Waals surface area contributed by atoms with Crippen LogP contribution < -0.4 is 5.32 Å². The zero-order chi connectivity index (χ0) is 15.4. The van der Waals surface area contributed by atoms with Crippen molar-refractivity contribution in [2.24, 2.45) is 0 Å². The summed E-state index contributed by atoms with van der Waals surface area (Å²) in [6.45, 7) is 3.86. The van der Waals surface area contributed by atoms with Crippen LogP contribution in [-0.4, -0.2) is 20.8 Å². The Balaban J connectivity index is 2.14. The van der Waals surface area contributed by atoms with Crippen LogP contribution in [0.1, 0.15) is 45.0 Å². The number of H-pyrrole nitrogens is 1. The van der Waals surface area contributed by atoms with Gasteiger partial charge in [0.05, 0.1) is 22.0 Å². The summed E-state index contributed by atoms with van der Waals surface area (Å²) in [5.41, 5.74) is 1.25. The highest BCUT2D eigenvalue weighted by atomic mass is 16.6. The first-order valence-corrected chi connectivity index (χ1v) is 6.94. The van der Waals surface area contributed by atoms with Gasteiger partial charge in [0.1, 0.15) is 5.82 Å². The maximum absolute atomic E-state index is 11.7. The van der Waals surface area contributed by atoms with E-state index in [1.165, 1.54) is 12.1 Å². The van der Waals surface area contributed by atoms with E-state index in [0.29, 0.717) is 23.3 Å². The Labute approximate surface area is 121 Å². The first-order valence-electron chi connectivity index (χ1n) is 6.94. The number of benzene rings is 1. The summed E-state index contributed by atoms with van der Waals surface area (Å²) in [6.07, 6.45) is 2.31. The number of carbonyl (C=O) groups excluding carboxylic acids is 1. The first-order chi connectivity index (χ1) is 10.0. The van der Waals surface area contributed by atoms with E-state index in [2.05, 4.69) is 15.3 Å². The molecule has 2 aromatic rings. The Bertz CT molecular complexity index is 665. The number of nitrogens with zero attached hydrogens (tertiary/aromatic N) is 2. The number of aromatic nitrogens is 2. The van der Waals surface area contributed by atoms with Gasteiger partial charge in [-0.25, -0.2) is 4.98 Å². The number of nitrogens with one attached hydrogen (secondary N) is 2. The van der Waals surface area contributed by atoms with E-state index in [1.54, 1.807) is 6.07 Å². The van der Waals surface area contributed by atoms with E-state index >= 15 is 0 Å². The number of rotatable bonds is 6. The predicted octanol–water partition coefficient (Wildman–Crippen LogP) is 2.84. The van der Waals surface area contributed by atoms with Gasteiger partial charge in [-0.3, -0.25) is 14.9 Å². The van der Waals surface area contributed by atoms with Crippen LogP contribution in [0.3, 0.4) is 0 Å². The molecule has 2 N–H and O–H groups in total. The van der Waals surface area contributed by atoms with Crippen molar-refractivity contribution < 1.29 is 9.72 Å². The highest BCUT2D eigenvalue weighted by Gasteiger charge is 2.15. The number of aromatic amines is 1. The molecule has 21 heavy (non-hydrogen) atoms. The molecule has 0 radical (unpaired) electrons. The minimum absolute atomic E-state index is 0.0114. The lowest BCUT2D eigenvalue weighted by Crippen LogP contribution is -2.26. The number of carbonyl (C=O) groups is 1. The molecule has 7 nitrogen and oxygen atoms in total. The number of unbranched alkanes of at least 4 members (excludes halogenated alkanes) is 1. The number of fused-ring (bicyclic) bond motifs is 1. The van der Waals surface area contributed by atoms with E-state index in [0.717, 1.165) is 12.8 Å². The Morgan fingerprint density at radius 2 is 2.29 bits per heavy atom. The number of non-ortho nitro benzene ring substituents is 1. The molecule has 0 fully saturated rings. The van der Waals surface area contributed by atoms with Gasteiger partial charge in [-0.1, -0.05) is 13.3 Å². The van der Waals surface area contributed by atoms with Gasteiger partial charge in [0.2, 0.25) is 5.91 Å². The van der Waals surface area contributed by atoms with Crippen LogP contribution in [-0.2, 0) is 4.79 Å². The molecule has 0 aliphatic rings. The van der Waals surface area contributed by atoms with Gasteiger partial charge < -0.3 is 10.3 Å². The monoisotopic (exact) mass is 290 g/mol. The molecule has 0 saturated heterocycles. The lowest BCUT2D eigenvalue weighted by molar-refractivity contribution is -0.384. The van der Waals surface area contributed by atoms with Crippen molar-refractivity contribution in [3.8, 4) is 0 Å². The average molecular weight is 290 g/mol. The van der Waals surface area contributed by atoms with Crippen molar-refractivity contribution in [3.63, 3.8) is 0 Å². The molecular weight excluding hydrogens is 272 g/mol. The molecule has 7 heteroatoms. The first kappa shape index (κ1) is 15.0. The normalized spacial score (nSPS) is 12.3. The summed E-state index contributed by atoms with van der Waals surface area (Å²) in [7, 11) is 0. The Hall–Kier alpha value is -2.44. The summed E-state index contributed by atoms with van der Waals surface area (Å²) in [5, 5.41) is 13.6. The predicted molar refractivity (Wildman–Crippen MR) is 78.8 cm³/mol. The van der Waals surface area contributed by atoms with Gasteiger partial charge >= 0.3 is 0 Å². The van der Waals surface area contributed by atoms with Crippen molar-refractivity contribution in [2.45, 2.75) is 39.2 Å². The van der Waals surface area contributed by atoms with Crippen molar-refractivity contribution in [1.82, 2.24) is 15.3 Å². The van der Waals surface area contributed by atoms with Crippen LogP contribution in [0.5, 0.6) is 0 Å². The lowest BCUT2D eigenvalue weighted by atomic mass is 10.2. The summed E-state index contributed by atoms with van der Waals surface area (Å²) in [4.78, 5) is 29.4. The SMILES string of the molecule is CCCCC(=O)NC(C)c1nc2ccc([N+](=O)[O-])cc2[nH]1. The second-order valence-corrected chi connectivity index (χ2v) is 4.97. The average Bonchev–Trinajstić information content (AvgIpc) is 2.87. The fourth-order valence-electron chi connectivity index (χ4n) is 2.06. The van der Waals surface area contributed by atoms with Gasteiger partial charge in [-0.2, -0.15) is 0 Å². The molecule has 1 aromatic heterocycles. The second-order valence-electron chi connectivity index (χ2n) is 4.97. The van der Waals surface area contributed by atoms with E-state index < -0.39 is 4.92 Å². The number of hydrogen-bond acceptors (Lipinski definition) is 4. The number of amides is 1. The quantitative estimate of drug-likeness (QED) is 0.631. The minimum Gasteiger partial charge on any atom is -0.346 e. The molecule has 1 atom stereocenters. The third kappa shape index (κ3) is 3.56. The van der Waals surface area contributed by atoms with E-state index in [4.69, 9.17) is 0 Å². The topological polar surface area (TPSA) is 101 Å². The van der Waals surface area contributed by atoms with Crippen LogP contribution in [0.2, 0.25) is 0 Å². The second kappa shape index (κ2) is 6.34. The van der Waals surface area contributed by atoms with E-state index in [-0.39, 0.29) is 17.6 Å². The number of nitro benzene ring substituents is 1. The maximum Gasteiger partial charge on any atom is 0.271 e. The van der Waals surface area contributed by atoms with Gasteiger partial charge in [0, 0.05) is 18.6 Å². The zero-order valence-electron chi connectivity index (χ0n) is 12.0. The minimum atomic E-state index is -0.449. The van der Waals surface area contributed by atoms with Crippen LogP contribution in [0.4, 0.5) is 5.69 Å². The largest absolute Gasteiger partial charge is 0.346 e. The fourth-order valence-corrected chi connectivity index (χ4v) is 2.06. The molecule has 0 aliphatic carbocycles. The molecule has 0 bridgehead atoms. The standard InChI is InChI=1S/C14H18N4O3/c1-3-4-5-13(19)15-9(2)14-16-11-7-6-10(18(20)21)8-12(11)17-14/h6-9H,3-5H2,1-2H3,(H,15,19)(H,16,17). The van der Waals surface area contributed by atoms with Crippen molar-refractivity contribution in [3.05, 3.63) is 34.1 Å². The summed E-state index contributed by atoms with van der Waals surface area (Å²) >= 11 is 0. The number of hydrogen-bond donors (Lipinski definition) is 2. The fraction of sp³-hybridized carbons (Fsp3) is 0.429. The Morgan fingerprint density at radius 1 is 1.52 bits per heavy atom. The van der Waals surface area contributed by atoms with Crippen LogP contribution in [0.25, 0.3) is 11.0 Å². The summed E-state index contributed by atoms with van der Waals surface area (Å²) < 4.78 is 0. The van der Waals surface area contributed by atoms with Crippen LogP contribution >= 0.6 is 0 Å². The molecule has 1 aromatic carbocycles. The molecule has 1 unspecified atom stereocenters. The van der Waals surface area contributed by atoms with Gasteiger partial charge in [-0.05, 0) is 19.4 Å². The summed E-state index contributed by atoms with van der Waals surface area (Å²) in [6, 6.07) is 4.19. The molecule has 0 spiro atoms. The molecule has 1 heterocycles. The van der Waals surface area contributed by atoms with Crippen molar-refractivity contribution in [1.29, 1.82) is 0 Å².